The Kier molecular flexibility index (Phi) is 9.79. The summed E-state index contributed by atoms with van der Waals surface area (Å²) in [5.74, 6) is 0. The molecule has 0 spiro atoms. The van der Waals surface area contributed by atoms with Crippen molar-refractivity contribution in [3.05, 3.63) is 41.9 Å². The van der Waals surface area contributed by atoms with Crippen LogP contribution >= 0.6 is 0 Å². The first-order chi connectivity index (χ1) is 14.3. The third-order valence-corrected chi connectivity index (χ3v) is 5.68. The van der Waals surface area contributed by atoms with Gasteiger partial charge in [-0.2, -0.15) is 0 Å². The molecule has 1 N–H and O–H groups in total. The Labute approximate surface area is 176 Å². The van der Waals surface area contributed by atoms with Gasteiger partial charge >= 0.3 is 0 Å². The molecule has 0 unspecified atom stereocenters. The molecule has 2 aliphatic heterocycles. The summed E-state index contributed by atoms with van der Waals surface area (Å²) in [5, 5.41) is 3.64. The number of pyridine rings is 1. The maximum Gasteiger partial charge on any atom is 0.0543 e. The number of aromatic nitrogens is 1. The predicted molar refractivity (Wildman–Crippen MR) is 121 cm³/mol. The van der Waals surface area contributed by atoms with Crippen LogP contribution in [0.15, 0.2) is 41.2 Å². The lowest BCUT2D eigenvalue weighted by atomic mass is 10.2. The highest BCUT2D eigenvalue weighted by molar-refractivity contribution is 5.60. The molecule has 160 valence electrons. The number of allylic oxidation sites excluding steroid dienone is 1. The minimum atomic E-state index is 0.940. The molecule has 1 fully saturated rings. The number of hydrogen-bond acceptors (Lipinski definition) is 6. The van der Waals surface area contributed by atoms with Gasteiger partial charge in [0.25, 0.3) is 0 Å². The summed E-state index contributed by atoms with van der Waals surface area (Å²) in [4.78, 5) is 16.7. The Bertz CT molecular complexity index is 630. The third kappa shape index (κ3) is 8.74. The van der Waals surface area contributed by atoms with E-state index in [-0.39, 0.29) is 0 Å². The normalized spacial score (nSPS) is 22.2. The number of likely N-dealkylation sites (N-methyl/N-ethyl adjacent to an activating group) is 1. The second-order valence-corrected chi connectivity index (χ2v) is 8.22. The molecule has 3 heterocycles. The van der Waals surface area contributed by atoms with Gasteiger partial charge < -0.3 is 10.2 Å². The van der Waals surface area contributed by atoms with Crippen molar-refractivity contribution in [1.82, 2.24) is 25.0 Å². The van der Waals surface area contributed by atoms with E-state index in [0.717, 1.165) is 84.0 Å². The summed E-state index contributed by atoms with van der Waals surface area (Å²) >= 11 is 0. The van der Waals surface area contributed by atoms with Gasteiger partial charge in [0.2, 0.25) is 0 Å². The Balaban J connectivity index is 1.49. The zero-order valence-electron chi connectivity index (χ0n) is 18.1. The maximum atomic E-state index is 4.60. The van der Waals surface area contributed by atoms with Crippen molar-refractivity contribution in [2.45, 2.75) is 32.2 Å². The van der Waals surface area contributed by atoms with E-state index in [0.29, 0.717) is 0 Å². The number of hydrogen-bond donors (Lipinski definition) is 1. The highest BCUT2D eigenvalue weighted by Crippen LogP contribution is 2.09. The second-order valence-electron chi connectivity index (χ2n) is 8.22. The van der Waals surface area contributed by atoms with Gasteiger partial charge in [0.1, 0.15) is 0 Å². The van der Waals surface area contributed by atoms with Gasteiger partial charge in [-0.25, -0.2) is 0 Å². The van der Waals surface area contributed by atoms with E-state index in [2.05, 4.69) is 61.5 Å². The fourth-order valence-electron chi connectivity index (χ4n) is 3.93. The van der Waals surface area contributed by atoms with E-state index in [4.69, 9.17) is 0 Å². The standard InChI is InChI=1S/C23H38N6/c1-27-14-7-16-28(20-22-8-2-4-11-25-22)17-13-24-10-6-15-29(19-18-27)21-23-9-3-5-12-26-23/h2,4,8-9,11-12,24H,3,5-7,10,13-21H2,1H3. The number of aliphatic imine (C=N–C) groups is 1. The fourth-order valence-corrected chi connectivity index (χ4v) is 3.93. The lowest BCUT2D eigenvalue weighted by molar-refractivity contribution is 0.207. The maximum absolute atomic E-state index is 4.60. The summed E-state index contributed by atoms with van der Waals surface area (Å²) in [5.41, 5.74) is 2.41. The second kappa shape index (κ2) is 12.9. The Morgan fingerprint density at radius 2 is 1.79 bits per heavy atom. The van der Waals surface area contributed by atoms with Crippen LogP contribution in [-0.2, 0) is 6.54 Å². The lowest BCUT2D eigenvalue weighted by Crippen LogP contribution is -2.39. The first-order valence-electron chi connectivity index (χ1n) is 11.2. The zero-order chi connectivity index (χ0) is 20.2. The van der Waals surface area contributed by atoms with E-state index in [9.17, 15) is 0 Å². The van der Waals surface area contributed by atoms with Gasteiger partial charge in [-0.15, -0.1) is 0 Å². The summed E-state index contributed by atoms with van der Waals surface area (Å²) in [6.45, 7) is 10.7. The minimum absolute atomic E-state index is 0.940. The van der Waals surface area contributed by atoms with Gasteiger partial charge in [0.05, 0.1) is 5.69 Å². The van der Waals surface area contributed by atoms with Gasteiger partial charge in [0, 0.05) is 57.4 Å². The van der Waals surface area contributed by atoms with Crippen LogP contribution in [0.2, 0.25) is 0 Å². The summed E-state index contributed by atoms with van der Waals surface area (Å²) in [7, 11) is 2.26. The van der Waals surface area contributed by atoms with Crippen LogP contribution in [0.5, 0.6) is 0 Å². The Hall–Kier alpha value is -1.60. The zero-order valence-corrected chi connectivity index (χ0v) is 18.1. The van der Waals surface area contributed by atoms with Crippen molar-refractivity contribution < 1.29 is 0 Å². The first kappa shape index (κ1) is 22.1. The van der Waals surface area contributed by atoms with Crippen molar-refractivity contribution in [2.24, 2.45) is 4.99 Å². The van der Waals surface area contributed by atoms with Crippen LogP contribution < -0.4 is 5.32 Å². The van der Waals surface area contributed by atoms with Crippen molar-refractivity contribution in [2.75, 3.05) is 66.0 Å². The molecule has 2 aliphatic rings. The molecule has 0 aromatic carbocycles. The minimum Gasteiger partial charge on any atom is -0.315 e. The van der Waals surface area contributed by atoms with Gasteiger partial charge in [-0.05, 0) is 71.0 Å². The fraction of sp³-hybridized carbons (Fsp3) is 0.652. The Morgan fingerprint density at radius 3 is 2.62 bits per heavy atom. The van der Waals surface area contributed by atoms with Crippen LogP contribution in [0.25, 0.3) is 0 Å². The molecule has 1 aromatic heterocycles. The molecule has 0 radical (unpaired) electrons. The number of nitrogens with zero attached hydrogens (tertiary/aromatic N) is 5. The summed E-state index contributed by atoms with van der Waals surface area (Å²) in [6, 6.07) is 6.20. The molecule has 1 aromatic rings. The molecule has 0 amide bonds. The van der Waals surface area contributed by atoms with Crippen LogP contribution in [0.1, 0.15) is 31.4 Å². The molecule has 6 heteroatoms. The first-order valence-corrected chi connectivity index (χ1v) is 11.2. The van der Waals surface area contributed by atoms with Crippen molar-refractivity contribution in [3.8, 4) is 0 Å². The predicted octanol–water partition coefficient (Wildman–Crippen LogP) is 2.25. The molecule has 0 saturated carbocycles. The molecule has 0 bridgehead atoms. The molecule has 6 nitrogen and oxygen atoms in total. The Morgan fingerprint density at radius 1 is 0.897 bits per heavy atom. The van der Waals surface area contributed by atoms with Gasteiger partial charge in [-0.1, -0.05) is 12.1 Å². The van der Waals surface area contributed by atoms with E-state index in [1.807, 2.05) is 12.3 Å². The average Bonchev–Trinajstić information content (AvgIpc) is 2.75. The van der Waals surface area contributed by atoms with Crippen molar-refractivity contribution >= 4 is 6.21 Å². The highest BCUT2D eigenvalue weighted by Gasteiger charge is 2.12. The smallest absolute Gasteiger partial charge is 0.0543 e. The molecular formula is C23H38N6. The SMILES string of the molecule is CN1CCCN(Cc2ccccn2)CCNCCCN(CC2=CCCC=N2)CC1. The van der Waals surface area contributed by atoms with Crippen LogP contribution in [-0.4, -0.2) is 91.8 Å². The molecule has 1 saturated heterocycles. The monoisotopic (exact) mass is 398 g/mol. The average molecular weight is 399 g/mol. The quantitative estimate of drug-likeness (QED) is 0.843. The highest BCUT2D eigenvalue weighted by atomic mass is 15.2. The van der Waals surface area contributed by atoms with E-state index in [1.54, 1.807) is 0 Å². The number of nitrogens with one attached hydrogen (secondary N) is 1. The number of rotatable bonds is 4. The lowest BCUT2D eigenvalue weighted by Gasteiger charge is -2.28. The van der Waals surface area contributed by atoms with Crippen molar-refractivity contribution in [1.29, 1.82) is 0 Å². The van der Waals surface area contributed by atoms with Crippen molar-refractivity contribution in [3.63, 3.8) is 0 Å². The molecule has 29 heavy (non-hydrogen) atoms. The van der Waals surface area contributed by atoms with Gasteiger partial charge in [-0.3, -0.25) is 19.8 Å². The van der Waals surface area contributed by atoms with Crippen LogP contribution in [0.4, 0.5) is 0 Å². The molecular weight excluding hydrogens is 360 g/mol. The summed E-state index contributed by atoms with van der Waals surface area (Å²) in [6.07, 6.45) is 10.9. The van der Waals surface area contributed by atoms with E-state index >= 15 is 0 Å². The van der Waals surface area contributed by atoms with E-state index in [1.165, 1.54) is 18.5 Å². The van der Waals surface area contributed by atoms with E-state index < -0.39 is 0 Å². The van der Waals surface area contributed by atoms with Crippen LogP contribution in [0.3, 0.4) is 0 Å². The topological polar surface area (TPSA) is 47.0 Å². The third-order valence-electron chi connectivity index (χ3n) is 5.68. The van der Waals surface area contributed by atoms with Gasteiger partial charge in [0.15, 0.2) is 0 Å². The molecule has 3 rings (SSSR count). The largest absolute Gasteiger partial charge is 0.315 e. The van der Waals surface area contributed by atoms with Crippen LogP contribution in [0, 0.1) is 0 Å². The molecule has 0 aliphatic carbocycles. The summed E-state index contributed by atoms with van der Waals surface area (Å²) < 4.78 is 0. The molecule has 0 atom stereocenters.